The molecule has 0 bridgehead atoms. The summed E-state index contributed by atoms with van der Waals surface area (Å²) in [5.41, 5.74) is 4.66. The third-order valence-electron chi connectivity index (χ3n) is 4.47. The fourth-order valence-electron chi connectivity index (χ4n) is 3.58. The molecule has 3 aromatic heterocycles. The summed E-state index contributed by atoms with van der Waals surface area (Å²) in [6, 6.07) is 9.69. The van der Waals surface area contributed by atoms with Crippen molar-refractivity contribution in [3.8, 4) is 11.4 Å². The minimum absolute atomic E-state index is 0.664. The highest BCUT2D eigenvalue weighted by Crippen LogP contribution is 2.34. The molecule has 0 radical (unpaired) electrons. The second-order valence-corrected chi connectivity index (χ2v) is 5.53. The van der Waals surface area contributed by atoms with Gasteiger partial charge in [-0.25, -0.2) is 4.57 Å². The Kier molecular flexibility index (Phi) is 1.45. The molecule has 1 aliphatic rings. The summed E-state index contributed by atoms with van der Waals surface area (Å²) in [6.45, 7) is -1.58. The van der Waals surface area contributed by atoms with E-state index in [-0.39, 0.29) is 0 Å². The highest BCUT2D eigenvalue weighted by atomic mass is 15.2. The summed E-state index contributed by atoms with van der Waals surface area (Å²) in [4.78, 5) is 4.24. The Bertz CT molecular complexity index is 1130. The van der Waals surface area contributed by atoms with Gasteiger partial charge in [-0.2, -0.15) is 0 Å². The summed E-state index contributed by atoms with van der Waals surface area (Å²) in [5, 5.41) is 0.957. The third kappa shape index (κ3) is 1.17. The maximum Gasteiger partial charge on any atom is 0.269 e. The van der Waals surface area contributed by atoms with Crippen molar-refractivity contribution in [1.82, 2.24) is 14.1 Å². The number of benzene rings is 1. The third-order valence-corrected chi connectivity index (χ3v) is 4.47. The molecule has 0 atom stereocenters. The van der Waals surface area contributed by atoms with Crippen LogP contribution in [0.15, 0.2) is 42.7 Å². The molecule has 0 amide bonds. The van der Waals surface area contributed by atoms with Gasteiger partial charge in [-0.1, -0.05) is 12.1 Å². The number of nitrogens with zero attached hydrogens (tertiary/aromatic N) is 4. The van der Waals surface area contributed by atoms with Crippen molar-refractivity contribution >= 4 is 22.1 Å². The van der Waals surface area contributed by atoms with Gasteiger partial charge in [-0.3, -0.25) is 14.1 Å². The Balaban J connectivity index is 2.02. The zero-order valence-corrected chi connectivity index (χ0v) is 11.5. The first-order valence-electron chi connectivity index (χ1n) is 8.44. The van der Waals surface area contributed by atoms with E-state index < -0.39 is 6.98 Å². The van der Waals surface area contributed by atoms with Crippen molar-refractivity contribution in [2.24, 2.45) is 14.0 Å². The molecular weight excluding hydrogens is 260 g/mol. The molecule has 0 aliphatic carbocycles. The number of para-hydroxylation sites is 1. The predicted octanol–water partition coefficient (Wildman–Crippen LogP) is 2.38. The molecule has 4 heteroatoms. The lowest BCUT2D eigenvalue weighted by atomic mass is 10.2. The molecule has 0 saturated heterocycles. The van der Waals surface area contributed by atoms with E-state index in [4.69, 9.17) is 4.11 Å². The van der Waals surface area contributed by atoms with Crippen molar-refractivity contribution in [2.45, 2.75) is 6.54 Å². The average Bonchev–Trinajstić information content (AvgIpc) is 3.16. The van der Waals surface area contributed by atoms with Crippen molar-refractivity contribution in [2.75, 3.05) is 0 Å². The van der Waals surface area contributed by atoms with Crippen molar-refractivity contribution < 1.29 is 8.68 Å². The van der Waals surface area contributed by atoms with Crippen LogP contribution in [0.3, 0.4) is 0 Å². The number of rotatable bonds is 0. The number of pyridine rings is 1. The van der Waals surface area contributed by atoms with Gasteiger partial charge in [-0.15, -0.1) is 0 Å². The number of fused-ring (bicyclic) bond motifs is 7. The highest BCUT2D eigenvalue weighted by molar-refractivity contribution is 6.04. The van der Waals surface area contributed by atoms with Gasteiger partial charge in [0.25, 0.3) is 5.65 Å². The molecule has 102 valence electrons. The molecule has 0 saturated carbocycles. The molecule has 0 N–H and O–H groups in total. The van der Waals surface area contributed by atoms with E-state index in [2.05, 4.69) is 14.1 Å². The molecule has 0 spiro atoms. The molecular formula is C17H15N4+. The van der Waals surface area contributed by atoms with Gasteiger partial charge in [0.2, 0.25) is 5.82 Å². The van der Waals surface area contributed by atoms with E-state index in [1.807, 2.05) is 43.6 Å². The van der Waals surface area contributed by atoms with E-state index in [1.54, 1.807) is 6.20 Å². The largest absolute Gasteiger partial charge is 0.269 e. The van der Waals surface area contributed by atoms with Gasteiger partial charge in [0.1, 0.15) is 5.52 Å². The summed E-state index contributed by atoms with van der Waals surface area (Å²) in [6.07, 6.45) is 3.64. The zero-order chi connectivity index (χ0) is 16.6. The maximum absolute atomic E-state index is 8.05. The Morgan fingerprint density at radius 3 is 3.05 bits per heavy atom. The Labute approximate surface area is 126 Å². The van der Waals surface area contributed by atoms with Crippen LogP contribution in [0.1, 0.15) is 9.68 Å². The van der Waals surface area contributed by atoms with Crippen LogP contribution in [0.4, 0.5) is 0 Å². The van der Waals surface area contributed by atoms with E-state index in [9.17, 15) is 0 Å². The van der Waals surface area contributed by atoms with Crippen LogP contribution in [0.25, 0.3) is 33.5 Å². The fourth-order valence-corrected chi connectivity index (χ4v) is 3.58. The summed E-state index contributed by atoms with van der Waals surface area (Å²) in [5.74, 6) is 1.01. The zero-order valence-electron chi connectivity index (χ0n) is 14.5. The molecule has 4 nitrogen and oxygen atoms in total. The predicted molar refractivity (Wildman–Crippen MR) is 81.9 cm³/mol. The van der Waals surface area contributed by atoms with Crippen LogP contribution in [0.2, 0.25) is 0 Å². The van der Waals surface area contributed by atoms with Crippen LogP contribution in [-0.2, 0) is 20.6 Å². The van der Waals surface area contributed by atoms with Crippen molar-refractivity contribution in [3.63, 3.8) is 0 Å². The van der Waals surface area contributed by atoms with Gasteiger partial charge >= 0.3 is 0 Å². The first kappa shape index (κ1) is 8.62. The SMILES string of the molecule is [2H]C([2H])([2H])n1c2ccccc2c2c1[n+]1c(n2C)-c2cnccc2C1. The van der Waals surface area contributed by atoms with Crippen molar-refractivity contribution in [1.29, 1.82) is 0 Å². The van der Waals surface area contributed by atoms with Crippen LogP contribution in [-0.4, -0.2) is 14.1 Å². The van der Waals surface area contributed by atoms with Gasteiger partial charge in [0.05, 0.1) is 35.6 Å². The first-order chi connectivity index (χ1) is 11.5. The maximum atomic E-state index is 8.05. The molecule has 1 aromatic carbocycles. The second-order valence-electron chi connectivity index (χ2n) is 5.53. The number of imidazole rings is 1. The highest BCUT2D eigenvalue weighted by Gasteiger charge is 2.34. The van der Waals surface area contributed by atoms with Crippen LogP contribution in [0.5, 0.6) is 0 Å². The minimum Gasteiger partial charge on any atom is -0.264 e. The lowest BCUT2D eigenvalue weighted by Crippen LogP contribution is -2.33. The Hall–Kier alpha value is -2.62. The number of aryl methyl sites for hydroxylation is 2. The van der Waals surface area contributed by atoms with Gasteiger partial charge < -0.3 is 0 Å². The second kappa shape index (κ2) is 3.52. The number of aromatic nitrogens is 4. The molecule has 4 heterocycles. The number of hydrogen-bond acceptors (Lipinski definition) is 1. The molecule has 4 aromatic rings. The van der Waals surface area contributed by atoms with E-state index in [1.165, 1.54) is 10.1 Å². The molecule has 0 fully saturated rings. The molecule has 21 heavy (non-hydrogen) atoms. The lowest BCUT2D eigenvalue weighted by molar-refractivity contribution is -0.648. The fraction of sp³-hybridized carbons (Fsp3) is 0.176. The molecule has 0 unspecified atom stereocenters. The normalized spacial score (nSPS) is 15.8. The lowest BCUT2D eigenvalue weighted by Gasteiger charge is -1.97. The quantitative estimate of drug-likeness (QED) is 0.399. The first-order valence-corrected chi connectivity index (χ1v) is 6.94. The van der Waals surface area contributed by atoms with Gasteiger partial charge in [-0.05, 0) is 18.2 Å². The minimum atomic E-state index is -2.24. The van der Waals surface area contributed by atoms with Gasteiger partial charge in [0.15, 0.2) is 5.52 Å². The van der Waals surface area contributed by atoms with Crippen LogP contribution < -0.4 is 4.57 Å². The van der Waals surface area contributed by atoms with Crippen LogP contribution in [0, 0.1) is 0 Å². The molecule has 1 aliphatic heterocycles. The van der Waals surface area contributed by atoms with Crippen LogP contribution >= 0.6 is 0 Å². The standard InChI is InChI=1S/C17H15N4/c1-19-14-6-4-3-5-12(14)15-17(19)21-10-11-7-8-18-9-13(11)16(21)20(15)2/h3-9H,10H2,1-2H3/q+1/i1D3. The van der Waals surface area contributed by atoms with E-state index in [0.29, 0.717) is 6.54 Å². The topological polar surface area (TPSA) is 26.6 Å². The summed E-state index contributed by atoms with van der Waals surface area (Å²) in [7, 11) is 1.99. The Morgan fingerprint density at radius 2 is 2.14 bits per heavy atom. The summed E-state index contributed by atoms with van der Waals surface area (Å²) < 4.78 is 29.8. The van der Waals surface area contributed by atoms with Crippen molar-refractivity contribution in [3.05, 3.63) is 48.3 Å². The van der Waals surface area contributed by atoms with E-state index >= 15 is 0 Å². The monoisotopic (exact) mass is 278 g/mol. The molecule has 5 rings (SSSR count). The number of hydrogen-bond donors (Lipinski definition) is 0. The summed E-state index contributed by atoms with van der Waals surface area (Å²) >= 11 is 0. The van der Waals surface area contributed by atoms with Gasteiger partial charge in [0, 0.05) is 18.0 Å². The smallest absolute Gasteiger partial charge is 0.264 e. The van der Waals surface area contributed by atoms with E-state index in [0.717, 1.165) is 33.5 Å². The Morgan fingerprint density at radius 1 is 1.24 bits per heavy atom. The average molecular weight is 278 g/mol.